The Morgan fingerprint density at radius 3 is 2.57 bits per heavy atom. The number of nitrogens with one attached hydrogen (secondary N) is 2. The lowest BCUT2D eigenvalue weighted by molar-refractivity contribution is -0.136. The van der Waals surface area contributed by atoms with Gasteiger partial charge in [-0.3, -0.25) is 9.59 Å². The monoisotopic (exact) mass is 329 g/mol. The number of nitrogens with zero attached hydrogens (tertiary/aromatic N) is 1. The molecule has 23 heavy (non-hydrogen) atoms. The summed E-state index contributed by atoms with van der Waals surface area (Å²) in [5.74, 6) is -1.63. The Hall–Kier alpha value is -2.66. The second-order valence-corrected chi connectivity index (χ2v) is 5.18. The molecule has 0 fully saturated rings. The second-order valence-electron chi connectivity index (χ2n) is 4.74. The van der Waals surface area contributed by atoms with E-state index in [0.29, 0.717) is 17.1 Å². The average molecular weight is 330 g/mol. The predicted molar refractivity (Wildman–Crippen MR) is 91.5 cm³/mol. The first kappa shape index (κ1) is 16.7. The number of aryl methyl sites for hydroxylation is 1. The molecule has 6 heteroatoms. The molecule has 118 valence electrons. The lowest BCUT2D eigenvalue weighted by Crippen LogP contribution is -2.32. The summed E-state index contributed by atoms with van der Waals surface area (Å²) in [5, 5.41) is 6.67. The van der Waals surface area contributed by atoms with Crippen LogP contribution in [0.25, 0.3) is 0 Å². The summed E-state index contributed by atoms with van der Waals surface area (Å²) in [6.45, 7) is 0. The summed E-state index contributed by atoms with van der Waals surface area (Å²) in [5.41, 5.74) is 3.82. The van der Waals surface area contributed by atoms with E-state index < -0.39 is 11.8 Å². The zero-order valence-corrected chi connectivity index (χ0v) is 13.1. The number of carbonyl (C=O) groups excluding carboxylic acids is 2. The molecule has 5 nitrogen and oxygen atoms in total. The Morgan fingerprint density at radius 2 is 1.83 bits per heavy atom. The summed E-state index contributed by atoms with van der Waals surface area (Å²) in [6, 6.07) is 16.5. The molecule has 2 aromatic carbocycles. The van der Waals surface area contributed by atoms with Crippen LogP contribution >= 0.6 is 11.6 Å². The van der Waals surface area contributed by atoms with E-state index in [-0.39, 0.29) is 0 Å². The van der Waals surface area contributed by atoms with Crippen molar-refractivity contribution in [3.8, 4) is 0 Å². The van der Waals surface area contributed by atoms with Crippen molar-refractivity contribution in [1.29, 1.82) is 0 Å². The zero-order valence-electron chi connectivity index (χ0n) is 12.3. The van der Waals surface area contributed by atoms with E-state index in [4.69, 9.17) is 11.6 Å². The number of hydrogen-bond acceptors (Lipinski definition) is 3. The maximum Gasteiger partial charge on any atom is 0.329 e. The minimum atomic E-state index is -0.832. The van der Waals surface area contributed by atoms with Crippen LogP contribution in [-0.2, 0) is 16.0 Å². The third-order valence-electron chi connectivity index (χ3n) is 2.95. The van der Waals surface area contributed by atoms with Gasteiger partial charge in [0, 0.05) is 16.9 Å². The molecule has 2 rings (SSSR count). The summed E-state index contributed by atoms with van der Waals surface area (Å²) in [7, 11) is 0. The third kappa shape index (κ3) is 5.92. The molecule has 0 heterocycles. The van der Waals surface area contributed by atoms with Gasteiger partial charge in [-0.25, -0.2) is 5.43 Å². The van der Waals surface area contributed by atoms with Crippen molar-refractivity contribution >= 4 is 35.3 Å². The van der Waals surface area contributed by atoms with Crippen LogP contribution < -0.4 is 10.7 Å². The van der Waals surface area contributed by atoms with E-state index >= 15 is 0 Å². The number of anilines is 1. The highest BCUT2D eigenvalue weighted by Crippen LogP contribution is 2.14. The van der Waals surface area contributed by atoms with Crippen molar-refractivity contribution in [3.05, 3.63) is 65.2 Å². The molecule has 0 spiro atoms. The lowest BCUT2D eigenvalue weighted by Gasteiger charge is -2.04. The number of halogens is 1. The molecule has 0 saturated heterocycles. The quantitative estimate of drug-likeness (QED) is 0.503. The highest BCUT2D eigenvalue weighted by Gasteiger charge is 2.12. The number of carbonyl (C=O) groups is 2. The van der Waals surface area contributed by atoms with E-state index in [2.05, 4.69) is 15.8 Å². The van der Waals surface area contributed by atoms with Crippen LogP contribution in [0.4, 0.5) is 5.69 Å². The van der Waals surface area contributed by atoms with Crippen molar-refractivity contribution in [1.82, 2.24) is 5.43 Å². The van der Waals surface area contributed by atoms with Gasteiger partial charge < -0.3 is 5.32 Å². The summed E-state index contributed by atoms with van der Waals surface area (Å²) < 4.78 is 0. The number of hydrazone groups is 1. The highest BCUT2D eigenvalue weighted by atomic mass is 35.5. The first-order valence-corrected chi connectivity index (χ1v) is 7.45. The van der Waals surface area contributed by atoms with Crippen molar-refractivity contribution < 1.29 is 9.59 Å². The summed E-state index contributed by atoms with van der Waals surface area (Å²) >= 11 is 5.80. The molecule has 2 N–H and O–H groups in total. The first-order valence-electron chi connectivity index (χ1n) is 7.07. The standard InChI is InChI=1S/C17H16ClN3O2/c18-14-9-4-10-15(12-14)20-16(22)17(23)21-19-11-5-8-13-6-2-1-3-7-13/h1-4,6-7,9-12H,5,8H2,(H,20,22)(H,21,23)/b19-11+. The molecule has 0 unspecified atom stereocenters. The Balaban J connectivity index is 1.73. The molecule has 0 radical (unpaired) electrons. The predicted octanol–water partition coefficient (Wildman–Crippen LogP) is 3.01. The lowest BCUT2D eigenvalue weighted by atomic mass is 10.1. The number of amides is 2. The fourth-order valence-corrected chi connectivity index (χ4v) is 2.04. The van der Waals surface area contributed by atoms with E-state index in [1.165, 1.54) is 5.56 Å². The van der Waals surface area contributed by atoms with Gasteiger partial charge in [0.2, 0.25) is 0 Å². The molecular weight excluding hydrogens is 314 g/mol. The largest absolute Gasteiger partial charge is 0.329 e. The maximum absolute atomic E-state index is 11.7. The number of rotatable bonds is 5. The smallest absolute Gasteiger partial charge is 0.318 e. The van der Waals surface area contributed by atoms with Gasteiger partial charge in [-0.05, 0) is 36.6 Å². The van der Waals surface area contributed by atoms with Gasteiger partial charge in [0.05, 0.1) is 0 Å². The number of benzene rings is 2. The second kappa shape index (κ2) is 8.70. The molecule has 0 aliphatic rings. The molecule has 2 aromatic rings. The summed E-state index contributed by atoms with van der Waals surface area (Å²) in [4.78, 5) is 23.3. The molecule has 0 aliphatic heterocycles. The Morgan fingerprint density at radius 1 is 1.04 bits per heavy atom. The van der Waals surface area contributed by atoms with Gasteiger partial charge in [-0.2, -0.15) is 5.10 Å². The molecule has 2 amide bonds. The van der Waals surface area contributed by atoms with Crippen LogP contribution in [0.1, 0.15) is 12.0 Å². The van der Waals surface area contributed by atoms with Crippen LogP contribution in [0.3, 0.4) is 0 Å². The first-order chi connectivity index (χ1) is 11.1. The van der Waals surface area contributed by atoms with Crippen molar-refractivity contribution in [2.75, 3.05) is 5.32 Å². The van der Waals surface area contributed by atoms with E-state index in [1.807, 2.05) is 30.3 Å². The fraction of sp³-hybridized carbons (Fsp3) is 0.118. The molecule has 0 aromatic heterocycles. The van der Waals surface area contributed by atoms with Gasteiger partial charge in [-0.1, -0.05) is 48.0 Å². The zero-order chi connectivity index (χ0) is 16.5. The van der Waals surface area contributed by atoms with Crippen molar-refractivity contribution in [3.63, 3.8) is 0 Å². The van der Waals surface area contributed by atoms with Gasteiger partial charge in [0.15, 0.2) is 0 Å². The SMILES string of the molecule is O=C(N/N=C/CCc1ccccc1)C(=O)Nc1cccc(Cl)c1. The summed E-state index contributed by atoms with van der Waals surface area (Å²) in [6.07, 6.45) is 3.05. The normalized spacial score (nSPS) is 10.5. The average Bonchev–Trinajstić information content (AvgIpc) is 2.55. The van der Waals surface area contributed by atoms with Crippen LogP contribution in [0, 0.1) is 0 Å². The molecule has 0 bridgehead atoms. The van der Waals surface area contributed by atoms with Crippen LogP contribution in [-0.4, -0.2) is 18.0 Å². The molecular formula is C17H16ClN3O2. The van der Waals surface area contributed by atoms with Gasteiger partial charge >= 0.3 is 11.8 Å². The van der Waals surface area contributed by atoms with E-state index in [9.17, 15) is 9.59 Å². The van der Waals surface area contributed by atoms with Gasteiger partial charge in [0.25, 0.3) is 0 Å². The van der Waals surface area contributed by atoms with Crippen LogP contribution in [0.5, 0.6) is 0 Å². The Kier molecular flexibility index (Phi) is 6.32. The highest BCUT2D eigenvalue weighted by molar-refractivity contribution is 6.39. The minimum absolute atomic E-state index is 0.450. The molecule has 0 atom stereocenters. The number of hydrogen-bond donors (Lipinski definition) is 2. The van der Waals surface area contributed by atoms with Crippen molar-refractivity contribution in [2.45, 2.75) is 12.8 Å². The third-order valence-corrected chi connectivity index (χ3v) is 3.19. The maximum atomic E-state index is 11.7. The molecule has 0 aliphatic carbocycles. The van der Waals surface area contributed by atoms with Crippen LogP contribution in [0.2, 0.25) is 5.02 Å². The minimum Gasteiger partial charge on any atom is -0.318 e. The Bertz CT molecular complexity index is 702. The Labute approximate surface area is 139 Å². The molecule has 0 saturated carbocycles. The fourth-order valence-electron chi connectivity index (χ4n) is 1.85. The van der Waals surface area contributed by atoms with E-state index in [1.54, 1.807) is 30.5 Å². The topological polar surface area (TPSA) is 70.6 Å². The van der Waals surface area contributed by atoms with Crippen molar-refractivity contribution in [2.24, 2.45) is 5.10 Å². The van der Waals surface area contributed by atoms with Gasteiger partial charge in [-0.15, -0.1) is 0 Å². The van der Waals surface area contributed by atoms with Crippen LogP contribution in [0.15, 0.2) is 59.7 Å². The van der Waals surface area contributed by atoms with Gasteiger partial charge in [0.1, 0.15) is 0 Å². The van der Waals surface area contributed by atoms with E-state index in [0.717, 1.165) is 6.42 Å².